The number of hydrogen-bond acceptors (Lipinski definition) is 3. The molecule has 1 aliphatic heterocycles. The second-order valence-electron chi connectivity index (χ2n) is 6.85. The molecular weight excluding hydrogens is 343 g/mol. The molecule has 142 valence electrons. The molecule has 26 heavy (non-hydrogen) atoms. The Kier molecular flexibility index (Phi) is 6.65. The lowest BCUT2D eigenvalue weighted by Gasteiger charge is -2.43. The van der Waals surface area contributed by atoms with Crippen LogP contribution in [-0.4, -0.2) is 36.6 Å². The zero-order valence-electron chi connectivity index (χ0n) is 14.9. The van der Waals surface area contributed by atoms with Gasteiger partial charge >= 0.3 is 12.1 Å². The van der Waals surface area contributed by atoms with E-state index >= 15 is 0 Å². The number of carbonyl (C=O) groups excluding carboxylic acids is 1. The summed E-state index contributed by atoms with van der Waals surface area (Å²) in [7, 11) is 0. The zero-order valence-corrected chi connectivity index (χ0v) is 14.9. The summed E-state index contributed by atoms with van der Waals surface area (Å²) in [5.41, 5.74) is 0.0666. The van der Waals surface area contributed by atoms with Gasteiger partial charge in [0, 0.05) is 18.4 Å². The molecule has 1 atom stereocenters. The topological polar surface area (TPSA) is 56.1 Å². The summed E-state index contributed by atoms with van der Waals surface area (Å²) in [6, 6.07) is 10.2. The first-order valence-electron chi connectivity index (χ1n) is 8.83. The predicted octanol–water partition coefficient (Wildman–Crippen LogP) is 3.81. The van der Waals surface area contributed by atoms with Crippen LogP contribution in [0.25, 0.3) is 0 Å². The SMILES string of the molecule is CCC(c1ccccc1)N(CC1(CC#N)CCNCC1)C(=O)C(F)(F)F. The number of carbonyl (C=O) groups is 1. The van der Waals surface area contributed by atoms with Crippen LogP contribution in [0.5, 0.6) is 0 Å². The van der Waals surface area contributed by atoms with Crippen molar-refractivity contribution in [3.05, 3.63) is 35.9 Å². The summed E-state index contributed by atoms with van der Waals surface area (Å²) in [5.74, 6) is -1.83. The van der Waals surface area contributed by atoms with Crippen molar-refractivity contribution in [3.8, 4) is 6.07 Å². The molecule has 1 aliphatic rings. The maximum absolute atomic E-state index is 13.3. The number of nitriles is 1. The van der Waals surface area contributed by atoms with Gasteiger partial charge in [0.1, 0.15) is 0 Å². The highest BCUT2D eigenvalue weighted by Gasteiger charge is 2.47. The maximum Gasteiger partial charge on any atom is 0.471 e. The highest BCUT2D eigenvalue weighted by Crippen LogP contribution is 2.38. The van der Waals surface area contributed by atoms with Crippen LogP contribution in [0.3, 0.4) is 0 Å². The van der Waals surface area contributed by atoms with E-state index in [2.05, 4.69) is 11.4 Å². The number of hydrogen-bond donors (Lipinski definition) is 1. The number of halogens is 3. The van der Waals surface area contributed by atoms with Crippen molar-refractivity contribution >= 4 is 5.91 Å². The summed E-state index contributed by atoms with van der Waals surface area (Å²) >= 11 is 0. The van der Waals surface area contributed by atoms with Gasteiger partial charge in [-0.05, 0) is 37.9 Å². The Morgan fingerprint density at radius 2 is 1.92 bits per heavy atom. The van der Waals surface area contributed by atoms with Gasteiger partial charge in [0.15, 0.2) is 0 Å². The third-order valence-electron chi connectivity index (χ3n) is 5.07. The number of piperidine rings is 1. The number of alkyl halides is 3. The fourth-order valence-electron chi connectivity index (χ4n) is 3.67. The van der Waals surface area contributed by atoms with Gasteiger partial charge in [0.05, 0.1) is 12.1 Å². The van der Waals surface area contributed by atoms with Crippen LogP contribution in [0.15, 0.2) is 30.3 Å². The lowest BCUT2D eigenvalue weighted by Crippen LogP contribution is -2.51. The van der Waals surface area contributed by atoms with Crippen molar-refractivity contribution in [2.45, 2.75) is 44.8 Å². The Labute approximate surface area is 152 Å². The van der Waals surface area contributed by atoms with E-state index in [9.17, 15) is 23.2 Å². The first-order valence-corrected chi connectivity index (χ1v) is 8.83. The van der Waals surface area contributed by atoms with Crippen LogP contribution < -0.4 is 5.32 Å². The second-order valence-corrected chi connectivity index (χ2v) is 6.85. The summed E-state index contributed by atoms with van der Waals surface area (Å²) in [6.45, 7) is 2.98. The van der Waals surface area contributed by atoms with Gasteiger partial charge in [-0.1, -0.05) is 37.3 Å². The molecule has 1 aromatic rings. The van der Waals surface area contributed by atoms with Crippen LogP contribution in [-0.2, 0) is 4.79 Å². The molecule has 0 aromatic heterocycles. The third kappa shape index (κ3) is 4.76. The first-order chi connectivity index (χ1) is 12.3. The van der Waals surface area contributed by atoms with E-state index in [0.29, 0.717) is 37.9 Å². The van der Waals surface area contributed by atoms with Gasteiger partial charge in [-0.3, -0.25) is 4.79 Å². The fraction of sp³-hybridized carbons (Fsp3) is 0.579. The molecule has 0 spiro atoms. The number of rotatable bonds is 6. The Bertz CT molecular complexity index is 634. The molecule has 7 heteroatoms. The molecule has 0 saturated carbocycles. The predicted molar refractivity (Wildman–Crippen MR) is 92.0 cm³/mol. The van der Waals surface area contributed by atoms with E-state index in [0.717, 1.165) is 4.90 Å². The van der Waals surface area contributed by atoms with Crippen LogP contribution in [0.1, 0.15) is 44.2 Å². The number of benzene rings is 1. The van der Waals surface area contributed by atoms with Crippen molar-refractivity contribution in [3.63, 3.8) is 0 Å². The fourth-order valence-corrected chi connectivity index (χ4v) is 3.67. The zero-order chi connectivity index (χ0) is 19.2. The number of amides is 1. The molecule has 0 bridgehead atoms. The first kappa shape index (κ1) is 20.2. The van der Waals surface area contributed by atoms with E-state index in [4.69, 9.17) is 0 Å². The van der Waals surface area contributed by atoms with E-state index in [1.54, 1.807) is 37.3 Å². The Morgan fingerprint density at radius 1 is 1.31 bits per heavy atom. The largest absolute Gasteiger partial charge is 0.471 e. The minimum atomic E-state index is -4.94. The van der Waals surface area contributed by atoms with Gasteiger partial charge in [-0.25, -0.2) is 0 Å². The summed E-state index contributed by atoms with van der Waals surface area (Å²) in [6.07, 6.45) is -3.28. The average molecular weight is 367 g/mol. The number of nitrogens with one attached hydrogen (secondary N) is 1. The molecule has 1 fully saturated rings. The molecule has 0 radical (unpaired) electrons. The Balaban J connectivity index is 2.40. The van der Waals surface area contributed by atoms with Gasteiger partial charge < -0.3 is 10.2 Å². The molecule has 1 N–H and O–H groups in total. The minimum absolute atomic E-state index is 0.0615. The molecular formula is C19H24F3N3O. The van der Waals surface area contributed by atoms with Crippen LogP contribution in [0, 0.1) is 16.7 Å². The molecule has 2 rings (SSSR count). The summed E-state index contributed by atoms with van der Waals surface area (Å²) in [5, 5.41) is 12.4. The Hall–Kier alpha value is -2.07. The highest BCUT2D eigenvalue weighted by molar-refractivity contribution is 5.82. The number of nitrogens with zero attached hydrogens (tertiary/aromatic N) is 2. The highest BCUT2D eigenvalue weighted by atomic mass is 19.4. The molecule has 1 heterocycles. The minimum Gasteiger partial charge on any atom is -0.327 e. The summed E-state index contributed by atoms with van der Waals surface area (Å²) < 4.78 is 39.9. The van der Waals surface area contributed by atoms with Crippen LogP contribution >= 0.6 is 0 Å². The molecule has 1 aromatic carbocycles. The standard InChI is InChI=1S/C19H24F3N3O/c1-2-16(15-6-4-3-5-7-15)25(17(26)19(20,21)22)14-18(8-11-23)9-12-24-13-10-18/h3-7,16,24H,2,8-10,12-14H2,1H3. The third-order valence-corrected chi connectivity index (χ3v) is 5.07. The quantitative estimate of drug-likeness (QED) is 0.832. The van der Waals surface area contributed by atoms with Gasteiger partial charge in [-0.2, -0.15) is 18.4 Å². The maximum atomic E-state index is 13.3. The smallest absolute Gasteiger partial charge is 0.327 e. The molecule has 1 saturated heterocycles. The molecule has 4 nitrogen and oxygen atoms in total. The molecule has 1 unspecified atom stereocenters. The van der Waals surface area contributed by atoms with E-state index < -0.39 is 23.5 Å². The van der Waals surface area contributed by atoms with Crippen molar-refractivity contribution in [2.24, 2.45) is 5.41 Å². The van der Waals surface area contributed by atoms with Gasteiger partial charge in [0.2, 0.25) is 0 Å². The van der Waals surface area contributed by atoms with E-state index in [1.807, 2.05) is 0 Å². The lowest BCUT2D eigenvalue weighted by atomic mass is 9.75. The van der Waals surface area contributed by atoms with Crippen LogP contribution in [0.2, 0.25) is 0 Å². The normalized spacial score (nSPS) is 18.0. The van der Waals surface area contributed by atoms with Crippen molar-refractivity contribution < 1.29 is 18.0 Å². The molecule has 0 aliphatic carbocycles. The van der Waals surface area contributed by atoms with E-state index in [-0.39, 0.29) is 13.0 Å². The van der Waals surface area contributed by atoms with Crippen molar-refractivity contribution in [1.29, 1.82) is 5.26 Å². The summed E-state index contributed by atoms with van der Waals surface area (Å²) in [4.78, 5) is 13.2. The average Bonchev–Trinajstić information content (AvgIpc) is 2.62. The van der Waals surface area contributed by atoms with Gasteiger partial charge in [0.25, 0.3) is 0 Å². The second kappa shape index (κ2) is 8.54. The van der Waals surface area contributed by atoms with Crippen molar-refractivity contribution in [1.82, 2.24) is 10.2 Å². The Morgan fingerprint density at radius 3 is 2.42 bits per heavy atom. The van der Waals surface area contributed by atoms with E-state index in [1.165, 1.54) is 0 Å². The monoisotopic (exact) mass is 367 g/mol. The van der Waals surface area contributed by atoms with Gasteiger partial charge in [-0.15, -0.1) is 0 Å². The lowest BCUT2D eigenvalue weighted by molar-refractivity contribution is -0.190. The van der Waals surface area contributed by atoms with Crippen LogP contribution in [0.4, 0.5) is 13.2 Å². The van der Waals surface area contributed by atoms with Crippen molar-refractivity contribution in [2.75, 3.05) is 19.6 Å². The molecule has 1 amide bonds.